The van der Waals surface area contributed by atoms with E-state index in [0.29, 0.717) is 42.2 Å². The normalized spacial score (nSPS) is 22.3. The minimum absolute atomic E-state index is 0.118. The highest BCUT2D eigenvalue weighted by molar-refractivity contribution is 5.98. The minimum Gasteiger partial charge on any atom is -0.457 e. The molecule has 2 aromatic carbocycles. The summed E-state index contributed by atoms with van der Waals surface area (Å²) in [6.07, 6.45) is 7.29. The fourth-order valence-corrected chi connectivity index (χ4v) is 6.22. The highest BCUT2D eigenvalue weighted by Gasteiger charge is 2.44. The van der Waals surface area contributed by atoms with Crippen molar-refractivity contribution in [2.75, 3.05) is 18.8 Å². The van der Waals surface area contributed by atoms with Gasteiger partial charge in [0.05, 0.1) is 11.4 Å². The molecule has 0 bridgehead atoms. The van der Waals surface area contributed by atoms with E-state index in [9.17, 15) is 10.1 Å². The van der Waals surface area contributed by atoms with Crippen molar-refractivity contribution < 1.29 is 9.53 Å². The number of carbonyl (C=O) groups is 1. The van der Waals surface area contributed by atoms with Crippen LogP contribution in [0.5, 0.6) is 11.5 Å². The van der Waals surface area contributed by atoms with Crippen LogP contribution in [0.15, 0.2) is 72.6 Å². The van der Waals surface area contributed by atoms with Crippen molar-refractivity contribution in [2.24, 2.45) is 17.8 Å². The van der Waals surface area contributed by atoms with Gasteiger partial charge in [0, 0.05) is 18.7 Å². The first-order chi connectivity index (χ1) is 19.6. The summed E-state index contributed by atoms with van der Waals surface area (Å²) in [5.41, 5.74) is 9.04. The number of para-hydroxylation sites is 1. The Balaban J connectivity index is 1.12. The number of likely N-dealkylation sites (tertiary alicyclic amines) is 1. The summed E-state index contributed by atoms with van der Waals surface area (Å²) in [4.78, 5) is 23.7. The van der Waals surface area contributed by atoms with Gasteiger partial charge in [0.1, 0.15) is 41.0 Å². The van der Waals surface area contributed by atoms with E-state index in [1.165, 1.54) is 6.33 Å². The van der Waals surface area contributed by atoms with Crippen molar-refractivity contribution in [3.63, 3.8) is 0 Å². The monoisotopic (exact) mass is 531 g/mol. The number of amides is 1. The second-order valence-corrected chi connectivity index (χ2v) is 11.1. The van der Waals surface area contributed by atoms with Crippen LogP contribution in [0, 0.1) is 29.1 Å². The Bertz CT molecular complexity index is 1640. The van der Waals surface area contributed by atoms with Gasteiger partial charge >= 0.3 is 0 Å². The van der Waals surface area contributed by atoms with E-state index in [1.54, 1.807) is 0 Å². The Morgan fingerprint density at radius 2 is 1.70 bits per heavy atom. The molecule has 2 aromatic heterocycles. The molecule has 1 amide bonds. The third kappa shape index (κ3) is 4.45. The first kappa shape index (κ1) is 24.3. The molecular weight excluding hydrogens is 502 g/mol. The van der Waals surface area contributed by atoms with Gasteiger partial charge in [-0.1, -0.05) is 24.3 Å². The topological polar surface area (TPSA) is 123 Å². The summed E-state index contributed by atoms with van der Waals surface area (Å²) < 4.78 is 7.96. The van der Waals surface area contributed by atoms with Crippen LogP contribution in [0.3, 0.4) is 0 Å². The van der Waals surface area contributed by atoms with E-state index in [4.69, 9.17) is 15.6 Å². The fourth-order valence-electron chi connectivity index (χ4n) is 6.22. The zero-order chi connectivity index (χ0) is 27.2. The van der Waals surface area contributed by atoms with Crippen molar-refractivity contribution in [3.05, 3.63) is 72.6 Å². The lowest BCUT2D eigenvalue weighted by molar-refractivity contribution is -0.126. The highest BCUT2D eigenvalue weighted by Crippen LogP contribution is 2.46. The number of nitrogens with zero attached hydrogens (tertiary/aromatic N) is 6. The summed E-state index contributed by atoms with van der Waals surface area (Å²) in [6.45, 7) is 1.35. The van der Waals surface area contributed by atoms with Gasteiger partial charge in [0.15, 0.2) is 5.65 Å². The van der Waals surface area contributed by atoms with Crippen LogP contribution in [0.1, 0.15) is 31.7 Å². The van der Waals surface area contributed by atoms with Crippen LogP contribution in [0.2, 0.25) is 0 Å². The number of carbonyl (C=O) groups excluding carboxylic acids is 1. The molecule has 3 heterocycles. The molecule has 1 aliphatic heterocycles. The summed E-state index contributed by atoms with van der Waals surface area (Å²) in [6, 6.07) is 19.7. The van der Waals surface area contributed by atoms with Crippen LogP contribution in [0.4, 0.5) is 5.82 Å². The molecule has 2 N–H and O–H groups in total. The molecule has 4 aromatic rings. The number of nitrogen functional groups attached to an aromatic ring is 1. The number of fused-ring (bicyclic) bond motifs is 2. The largest absolute Gasteiger partial charge is 0.457 e. The number of nitrogens with two attached hydrogens (primary N) is 1. The SMILES string of the molecule is N#C/C(=C\C1CC1)C(=O)N1CC2CC(n3nc(-c4ccc(Oc5ccccc5)cc4)c4c(N)ncnc43)CC2C1. The zero-order valence-corrected chi connectivity index (χ0v) is 22.0. The number of hydrogen-bond donors (Lipinski definition) is 1. The lowest BCUT2D eigenvalue weighted by atomic mass is 10.0. The molecule has 0 radical (unpaired) electrons. The quantitative estimate of drug-likeness (QED) is 0.270. The molecule has 2 aliphatic carbocycles. The number of nitriles is 1. The Morgan fingerprint density at radius 3 is 2.38 bits per heavy atom. The summed E-state index contributed by atoms with van der Waals surface area (Å²) in [5.74, 6) is 2.92. The van der Waals surface area contributed by atoms with Gasteiger partial charge in [0.25, 0.3) is 5.91 Å². The molecule has 3 aliphatic rings. The third-order valence-corrected chi connectivity index (χ3v) is 8.36. The molecule has 40 heavy (non-hydrogen) atoms. The van der Waals surface area contributed by atoms with Gasteiger partial charge in [-0.2, -0.15) is 10.4 Å². The Labute approximate surface area is 231 Å². The Hall–Kier alpha value is -4.71. The summed E-state index contributed by atoms with van der Waals surface area (Å²) >= 11 is 0. The summed E-state index contributed by atoms with van der Waals surface area (Å²) in [7, 11) is 0. The van der Waals surface area contributed by atoms with Gasteiger partial charge < -0.3 is 15.4 Å². The van der Waals surface area contributed by atoms with Crippen LogP contribution in [0.25, 0.3) is 22.3 Å². The van der Waals surface area contributed by atoms with E-state index in [-0.39, 0.29) is 11.9 Å². The molecule has 3 fully saturated rings. The summed E-state index contributed by atoms with van der Waals surface area (Å²) in [5, 5.41) is 15.3. The fraction of sp³-hybridized carbons (Fsp3) is 0.323. The van der Waals surface area contributed by atoms with E-state index < -0.39 is 0 Å². The second-order valence-electron chi connectivity index (χ2n) is 11.1. The molecular formula is C31H29N7O2. The van der Waals surface area contributed by atoms with Gasteiger partial charge in [-0.05, 0) is 79.8 Å². The van der Waals surface area contributed by atoms with Gasteiger partial charge in [0.2, 0.25) is 0 Å². The van der Waals surface area contributed by atoms with Crippen LogP contribution in [-0.2, 0) is 4.79 Å². The Kier molecular flexibility index (Phi) is 5.96. The number of rotatable bonds is 6. The van der Waals surface area contributed by atoms with Crippen molar-refractivity contribution in [3.8, 4) is 28.8 Å². The second kappa shape index (κ2) is 9.79. The predicted octanol–water partition coefficient (Wildman–Crippen LogP) is 5.14. The molecule has 200 valence electrons. The average molecular weight is 532 g/mol. The van der Waals surface area contributed by atoms with Gasteiger partial charge in [-0.25, -0.2) is 14.6 Å². The predicted molar refractivity (Wildman–Crippen MR) is 150 cm³/mol. The molecule has 9 heteroatoms. The Morgan fingerprint density at radius 1 is 1.00 bits per heavy atom. The van der Waals surface area contributed by atoms with E-state index in [2.05, 4.69) is 16.0 Å². The van der Waals surface area contributed by atoms with Gasteiger partial charge in [-0.3, -0.25) is 4.79 Å². The number of benzene rings is 2. The van der Waals surface area contributed by atoms with Crippen molar-refractivity contribution in [2.45, 2.75) is 31.7 Å². The zero-order valence-electron chi connectivity index (χ0n) is 22.0. The maximum Gasteiger partial charge on any atom is 0.264 e. The van der Waals surface area contributed by atoms with E-state index in [1.807, 2.05) is 70.3 Å². The number of aromatic nitrogens is 4. The maximum absolute atomic E-state index is 13.0. The molecule has 2 atom stereocenters. The van der Waals surface area contributed by atoms with Gasteiger partial charge in [-0.15, -0.1) is 0 Å². The van der Waals surface area contributed by atoms with Crippen molar-refractivity contribution >= 4 is 22.8 Å². The molecule has 2 unspecified atom stereocenters. The minimum atomic E-state index is -0.118. The number of hydrogen-bond acceptors (Lipinski definition) is 7. The number of allylic oxidation sites excluding steroid dienone is 1. The maximum atomic E-state index is 13.0. The lowest BCUT2D eigenvalue weighted by Crippen LogP contribution is -2.31. The number of ether oxygens (including phenoxy) is 1. The molecule has 0 spiro atoms. The van der Waals surface area contributed by atoms with Crippen LogP contribution in [-0.4, -0.2) is 43.6 Å². The van der Waals surface area contributed by atoms with Crippen LogP contribution >= 0.6 is 0 Å². The highest BCUT2D eigenvalue weighted by atomic mass is 16.5. The molecule has 9 nitrogen and oxygen atoms in total. The molecule has 7 rings (SSSR count). The third-order valence-electron chi connectivity index (χ3n) is 8.36. The van der Waals surface area contributed by atoms with E-state index >= 15 is 0 Å². The first-order valence-corrected chi connectivity index (χ1v) is 13.8. The molecule has 2 saturated carbocycles. The standard InChI is InChI=1S/C31H29N7O2/c32-15-21(12-19-6-7-19)31(39)37-16-22-13-24(14-23(22)17-37)38-30-27(29(33)34-18-35-30)28(36-38)20-8-10-26(11-9-20)40-25-4-2-1-3-5-25/h1-5,8-12,18-19,22-24H,6-7,13-14,16-17H2,(H2,33,34,35)/b21-12+. The van der Waals surface area contributed by atoms with Crippen molar-refractivity contribution in [1.82, 2.24) is 24.6 Å². The van der Waals surface area contributed by atoms with Crippen molar-refractivity contribution in [1.29, 1.82) is 5.26 Å². The van der Waals surface area contributed by atoms with Crippen LogP contribution < -0.4 is 10.5 Å². The van der Waals surface area contributed by atoms with E-state index in [0.717, 1.165) is 59.5 Å². The average Bonchev–Trinajstić information content (AvgIpc) is 3.38. The lowest BCUT2D eigenvalue weighted by Gasteiger charge is -2.19. The first-order valence-electron chi connectivity index (χ1n) is 13.8. The molecule has 1 saturated heterocycles. The number of anilines is 1. The smallest absolute Gasteiger partial charge is 0.264 e.